The average Bonchev–Trinajstić information content (AvgIpc) is 2.82. The van der Waals surface area contributed by atoms with Gasteiger partial charge < -0.3 is 14.6 Å². The van der Waals surface area contributed by atoms with Gasteiger partial charge in [0, 0.05) is 4.88 Å². The van der Waals surface area contributed by atoms with Crippen LogP contribution in [0.4, 0.5) is 0 Å². The van der Waals surface area contributed by atoms with Crippen molar-refractivity contribution < 1.29 is 19.4 Å². The van der Waals surface area contributed by atoms with Gasteiger partial charge in [0.2, 0.25) is 0 Å². The molecule has 0 aliphatic heterocycles. The molecule has 0 fully saturated rings. The number of carbonyl (C=O) groups is 1. The van der Waals surface area contributed by atoms with E-state index in [1.54, 1.807) is 11.3 Å². The van der Waals surface area contributed by atoms with Gasteiger partial charge in [0.1, 0.15) is 6.61 Å². The summed E-state index contributed by atoms with van der Waals surface area (Å²) in [6, 6.07) is 6.83. The largest absolute Gasteiger partial charge is 0.493 e. The average molecular weight is 422 g/mol. The van der Waals surface area contributed by atoms with Crippen molar-refractivity contribution in [3.8, 4) is 11.5 Å². The van der Waals surface area contributed by atoms with E-state index in [0.29, 0.717) is 22.6 Å². The summed E-state index contributed by atoms with van der Waals surface area (Å²) in [4.78, 5) is 12.0. The minimum absolute atomic E-state index is 0.139. The number of rotatable bonds is 5. The number of carboxylic acids is 1. The van der Waals surface area contributed by atoms with Crippen LogP contribution in [0.2, 0.25) is 0 Å². The Labute approximate surface area is 136 Å². The second kappa shape index (κ2) is 6.60. The van der Waals surface area contributed by atoms with Gasteiger partial charge in [0.05, 0.1) is 20.9 Å². The van der Waals surface area contributed by atoms with Crippen molar-refractivity contribution in [3.63, 3.8) is 0 Å². The summed E-state index contributed by atoms with van der Waals surface area (Å²) in [7, 11) is 1.47. The Morgan fingerprint density at radius 2 is 2.10 bits per heavy atom. The molecule has 0 aliphatic carbocycles. The molecule has 0 spiro atoms. The quantitative estimate of drug-likeness (QED) is 0.768. The molecule has 0 unspecified atom stereocenters. The number of thiophene rings is 1. The van der Waals surface area contributed by atoms with Gasteiger partial charge in [-0.05, 0) is 56.1 Å². The van der Waals surface area contributed by atoms with E-state index in [9.17, 15) is 4.79 Å². The second-order valence-electron chi connectivity index (χ2n) is 3.79. The zero-order valence-corrected chi connectivity index (χ0v) is 14.3. The lowest BCUT2D eigenvalue weighted by Gasteiger charge is -2.12. The molecule has 0 saturated carbocycles. The Hall–Kier alpha value is -1.05. The molecule has 1 heterocycles. The van der Waals surface area contributed by atoms with Crippen LogP contribution in [-0.2, 0) is 6.61 Å². The van der Waals surface area contributed by atoms with Gasteiger partial charge in [-0.3, -0.25) is 0 Å². The Morgan fingerprint density at radius 1 is 1.35 bits per heavy atom. The maximum absolute atomic E-state index is 11.0. The molecule has 20 heavy (non-hydrogen) atoms. The summed E-state index contributed by atoms with van der Waals surface area (Å²) in [5.41, 5.74) is 0.139. The molecule has 0 saturated heterocycles. The van der Waals surface area contributed by atoms with E-state index >= 15 is 0 Å². The standard InChI is InChI=1S/C13H10Br2O4S/c1-18-10-5-7(13(16)17)4-9(14)12(10)19-6-8-2-3-11(15)20-8/h2-5H,6H2,1H3,(H,16,17). The lowest BCUT2D eigenvalue weighted by Crippen LogP contribution is -2.01. The third-order valence-corrected chi connectivity index (χ3v) is 4.65. The Morgan fingerprint density at radius 3 is 2.65 bits per heavy atom. The van der Waals surface area contributed by atoms with E-state index in [2.05, 4.69) is 31.9 Å². The molecule has 0 aliphatic rings. The normalized spacial score (nSPS) is 10.3. The summed E-state index contributed by atoms with van der Waals surface area (Å²) in [6.07, 6.45) is 0. The van der Waals surface area contributed by atoms with E-state index in [1.165, 1.54) is 19.2 Å². The van der Waals surface area contributed by atoms with Crippen LogP contribution in [0.25, 0.3) is 0 Å². The first-order chi connectivity index (χ1) is 9.51. The maximum Gasteiger partial charge on any atom is 0.335 e. The fourth-order valence-electron chi connectivity index (χ4n) is 1.56. The van der Waals surface area contributed by atoms with Crippen LogP contribution in [0.1, 0.15) is 15.2 Å². The van der Waals surface area contributed by atoms with Crippen molar-refractivity contribution in [1.29, 1.82) is 0 Å². The molecule has 0 atom stereocenters. The van der Waals surface area contributed by atoms with E-state index in [0.717, 1.165) is 8.66 Å². The van der Waals surface area contributed by atoms with Crippen LogP contribution in [0.3, 0.4) is 0 Å². The molecular formula is C13H10Br2O4S. The summed E-state index contributed by atoms with van der Waals surface area (Å²) in [5.74, 6) is -0.146. The number of hydrogen-bond acceptors (Lipinski definition) is 4. The van der Waals surface area contributed by atoms with Crippen molar-refractivity contribution in [3.05, 3.63) is 43.0 Å². The molecule has 0 bridgehead atoms. The Kier molecular flexibility index (Phi) is 5.06. The molecule has 106 valence electrons. The van der Waals surface area contributed by atoms with Gasteiger partial charge in [-0.1, -0.05) is 0 Å². The topological polar surface area (TPSA) is 55.8 Å². The molecule has 1 aromatic heterocycles. The number of halogens is 2. The predicted molar refractivity (Wildman–Crippen MR) is 84.0 cm³/mol. The van der Waals surface area contributed by atoms with Crippen LogP contribution in [0.5, 0.6) is 11.5 Å². The highest BCUT2D eigenvalue weighted by molar-refractivity contribution is 9.11. The van der Waals surface area contributed by atoms with Crippen LogP contribution < -0.4 is 9.47 Å². The van der Waals surface area contributed by atoms with Crippen molar-refractivity contribution in [1.82, 2.24) is 0 Å². The lowest BCUT2D eigenvalue weighted by atomic mass is 10.2. The van der Waals surface area contributed by atoms with Gasteiger partial charge in [0.25, 0.3) is 0 Å². The number of aromatic carboxylic acids is 1. The number of methoxy groups -OCH3 is 1. The van der Waals surface area contributed by atoms with Crippen molar-refractivity contribution >= 4 is 49.2 Å². The van der Waals surface area contributed by atoms with Crippen LogP contribution in [0, 0.1) is 0 Å². The zero-order chi connectivity index (χ0) is 14.7. The molecule has 2 aromatic rings. The molecule has 7 heteroatoms. The fraction of sp³-hybridized carbons (Fsp3) is 0.154. The summed E-state index contributed by atoms with van der Waals surface area (Å²) >= 11 is 8.28. The van der Waals surface area contributed by atoms with Crippen molar-refractivity contribution in [2.45, 2.75) is 6.61 Å². The first-order valence-electron chi connectivity index (χ1n) is 5.49. The Bertz CT molecular complexity index is 639. The number of carboxylic acid groups (broad SMARTS) is 1. The summed E-state index contributed by atoms with van der Waals surface area (Å²) in [6.45, 7) is 0.387. The summed E-state index contributed by atoms with van der Waals surface area (Å²) in [5, 5.41) is 9.01. The van der Waals surface area contributed by atoms with Crippen LogP contribution in [0.15, 0.2) is 32.5 Å². The minimum atomic E-state index is -1.02. The number of benzene rings is 1. The van der Waals surface area contributed by atoms with Crippen molar-refractivity contribution in [2.75, 3.05) is 7.11 Å². The smallest absolute Gasteiger partial charge is 0.335 e. The molecule has 2 rings (SSSR count). The molecule has 0 radical (unpaired) electrons. The van der Waals surface area contributed by atoms with Crippen molar-refractivity contribution in [2.24, 2.45) is 0 Å². The third-order valence-electron chi connectivity index (χ3n) is 2.46. The first-order valence-corrected chi connectivity index (χ1v) is 7.89. The van der Waals surface area contributed by atoms with Gasteiger partial charge in [-0.25, -0.2) is 4.79 Å². The highest BCUT2D eigenvalue weighted by Gasteiger charge is 2.15. The summed E-state index contributed by atoms with van der Waals surface area (Å²) < 4.78 is 12.5. The first kappa shape index (κ1) is 15.3. The Balaban J connectivity index is 2.24. The van der Waals surface area contributed by atoms with Gasteiger partial charge >= 0.3 is 5.97 Å². The van der Waals surface area contributed by atoms with Gasteiger partial charge in [-0.15, -0.1) is 11.3 Å². The van der Waals surface area contributed by atoms with Crippen LogP contribution in [-0.4, -0.2) is 18.2 Å². The molecular weight excluding hydrogens is 412 g/mol. The molecule has 0 amide bonds. The molecule has 1 aromatic carbocycles. The monoisotopic (exact) mass is 420 g/mol. The minimum Gasteiger partial charge on any atom is -0.493 e. The van der Waals surface area contributed by atoms with E-state index < -0.39 is 5.97 Å². The fourth-order valence-corrected chi connectivity index (χ4v) is 3.51. The highest BCUT2D eigenvalue weighted by atomic mass is 79.9. The van der Waals surface area contributed by atoms with Gasteiger partial charge in [0.15, 0.2) is 11.5 Å². The van der Waals surface area contributed by atoms with Gasteiger partial charge in [-0.2, -0.15) is 0 Å². The molecule has 1 N–H and O–H groups in total. The second-order valence-corrected chi connectivity index (χ2v) is 7.19. The van der Waals surface area contributed by atoms with Crippen LogP contribution >= 0.6 is 43.2 Å². The zero-order valence-electron chi connectivity index (χ0n) is 10.4. The highest BCUT2D eigenvalue weighted by Crippen LogP contribution is 2.37. The third kappa shape index (κ3) is 3.53. The predicted octanol–water partition coefficient (Wildman–Crippen LogP) is 4.56. The SMILES string of the molecule is COc1cc(C(=O)O)cc(Br)c1OCc1ccc(Br)s1. The van der Waals surface area contributed by atoms with E-state index in [4.69, 9.17) is 14.6 Å². The van der Waals surface area contributed by atoms with E-state index in [1.807, 2.05) is 12.1 Å². The number of ether oxygens (including phenoxy) is 2. The molecule has 4 nitrogen and oxygen atoms in total. The van der Waals surface area contributed by atoms with E-state index in [-0.39, 0.29) is 5.56 Å². The number of hydrogen-bond donors (Lipinski definition) is 1. The maximum atomic E-state index is 11.0. The lowest BCUT2D eigenvalue weighted by molar-refractivity contribution is 0.0696.